The van der Waals surface area contributed by atoms with Crippen LogP contribution in [0.1, 0.15) is 17.2 Å². The van der Waals surface area contributed by atoms with E-state index in [1.165, 1.54) is 0 Å². The van der Waals surface area contributed by atoms with Crippen molar-refractivity contribution in [2.45, 2.75) is 13.8 Å². The lowest BCUT2D eigenvalue weighted by Crippen LogP contribution is -1.97. The minimum Gasteiger partial charge on any atom is -0.230 e. The summed E-state index contributed by atoms with van der Waals surface area (Å²) in [5.41, 5.74) is 1.63. The molecular formula is C7H9N3. The maximum absolute atomic E-state index is 4.10. The summed E-state index contributed by atoms with van der Waals surface area (Å²) in [7, 11) is 0. The van der Waals surface area contributed by atoms with Crippen LogP contribution in [0.2, 0.25) is 0 Å². The van der Waals surface area contributed by atoms with Gasteiger partial charge in [-0.1, -0.05) is 6.58 Å². The Morgan fingerprint density at radius 3 is 2.50 bits per heavy atom. The second kappa shape index (κ2) is 2.56. The van der Waals surface area contributed by atoms with E-state index in [4.69, 9.17) is 0 Å². The monoisotopic (exact) mass is 135 g/mol. The molecule has 0 atom stereocenters. The molecule has 10 heavy (non-hydrogen) atoms. The molecule has 0 saturated heterocycles. The van der Waals surface area contributed by atoms with E-state index in [2.05, 4.69) is 21.8 Å². The van der Waals surface area contributed by atoms with Gasteiger partial charge in [0.05, 0.1) is 11.4 Å². The van der Waals surface area contributed by atoms with E-state index in [9.17, 15) is 0 Å². The summed E-state index contributed by atoms with van der Waals surface area (Å²) < 4.78 is 0. The van der Waals surface area contributed by atoms with Crippen LogP contribution in [0.25, 0.3) is 6.08 Å². The van der Waals surface area contributed by atoms with E-state index in [1.807, 2.05) is 6.92 Å². The third-order valence-electron chi connectivity index (χ3n) is 1.19. The SMILES string of the molecule is C=Cc1nc(C)nnc1C. The van der Waals surface area contributed by atoms with Crippen LogP contribution >= 0.6 is 0 Å². The van der Waals surface area contributed by atoms with Crippen LogP contribution in [-0.2, 0) is 0 Å². The molecule has 0 fully saturated rings. The van der Waals surface area contributed by atoms with E-state index in [-0.39, 0.29) is 0 Å². The first-order valence-electron chi connectivity index (χ1n) is 3.04. The van der Waals surface area contributed by atoms with Crippen LogP contribution in [0, 0.1) is 13.8 Å². The van der Waals surface area contributed by atoms with Gasteiger partial charge in [0.1, 0.15) is 5.82 Å². The van der Waals surface area contributed by atoms with Gasteiger partial charge in [0.25, 0.3) is 0 Å². The fourth-order valence-electron chi connectivity index (χ4n) is 0.670. The summed E-state index contributed by atoms with van der Waals surface area (Å²) >= 11 is 0. The van der Waals surface area contributed by atoms with Crippen molar-refractivity contribution < 1.29 is 0 Å². The standard InChI is InChI=1S/C7H9N3/c1-4-7-5(2)9-10-6(3)8-7/h4H,1H2,2-3H3. The van der Waals surface area contributed by atoms with Gasteiger partial charge in [-0.15, -0.1) is 5.10 Å². The van der Waals surface area contributed by atoms with Crippen LogP contribution in [0.4, 0.5) is 0 Å². The summed E-state index contributed by atoms with van der Waals surface area (Å²) in [6, 6.07) is 0. The zero-order chi connectivity index (χ0) is 7.56. The van der Waals surface area contributed by atoms with Crippen molar-refractivity contribution in [3.05, 3.63) is 23.8 Å². The number of hydrogen-bond donors (Lipinski definition) is 0. The first kappa shape index (κ1) is 6.86. The highest BCUT2D eigenvalue weighted by Gasteiger charge is 1.96. The second-order valence-electron chi connectivity index (χ2n) is 2.03. The Morgan fingerprint density at radius 2 is 2.00 bits per heavy atom. The van der Waals surface area contributed by atoms with Crippen LogP contribution < -0.4 is 0 Å². The molecule has 3 heteroatoms. The third-order valence-corrected chi connectivity index (χ3v) is 1.19. The van der Waals surface area contributed by atoms with Crippen molar-refractivity contribution in [3.63, 3.8) is 0 Å². The fourth-order valence-corrected chi connectivity index (χ4v) is 0.670. The maximum Gasteiger partial charge on any atom is 0.148 e. The molecule has 0 bridgehead atoms. The van der Waals surface area contributed by atoms with Crippen molar-refractivity contribution in [3.8, 4) is 0 Å². The molecule has 0 aliphatic carbocycles. The topological polar surface area (TPSA) is 38.7 Å². The predicted molar refractivity (Wildman–Crippen MR) is 39.4 cm³/mol. The van der Waals surface area contributed by atoms with Gasteiger partial charge in [-0.3, -0.25) is 0 Å². The fraction of sp³-hybridized carbons (Fsp3) is 0.286. The molecule has 0 spiro atoms. The molecule has 1 aromatic rings. The highest BCUT2D eigenvalue weighted by atomic mass is 15.2. The second-order valence-corrected chi connectivity index (χ2v) is 2.03. The summed E-state index contributed by atoms with van der Waals surface area (Å²) in [5.74, 6) is 0.681. The average molecular weight is 135 g/mol. The van der Waals surface area contributed by atoms with Gasteiger partial charge in [0.2, 0.25) is 0 Å². The first-order chi connectivity index (χ1) is 4.74. The number of rotatable bonds is 1. The Labute approximate surface area is 59.8 Å². The van der Waals surface area contributed by atoms with Crippen LogP contribution in [-0.4, -0.2) is 15.2 Å². The number of aryl methyl sites for hydroxylation is 2. The van der Waals surface area contributed by atoms with Crippen molar-refractivity contribution in [2.75, 3.05) is 0 Å². The van der Waals surface area contributed by atoms with Gasteiger partial charge in [0.15, 0.2) is 0 Å². The Kier molecular flexibility index (Phi) is 1.76. The molecular weight excluding hydrogens is 126 g/mol. The molecule has 52 valence electrons. The third kappa shape index (κ3) is 1.18. The van der Waals surface area contributed by atoms with Gasteiger partial charge in [0, 0.05) is 0 Å². The summed E-state index contributed by atoms with van der Waals surface area (Å²) in [5, 5.41) is 7.64. The lowest BCUT2D eigenvalue weighted by Gasteiger charge is -1.95. The van der Waals surface area contributed by atoms with Gasteiger partial charge in [-0.2, -0.15) is 5.10 Å². The molecule has 1 aromatic heterocycles. The molecule has 3 nitrogen and oxygen atoms in total. The molecule has 0 aromatic carbocycles. The van der Waals surface area contributed by atoms with E-state index >= 15 is 0 Å². The number of nitrogens with zero attached hydrogens (tertiary/aromatic N) is 3. The number of aromatic nitrogens is 3. The van der Waals surface area contributed by atoms with Crippen LogP contribution in [0.15, 0.2) is 6.58 Å². The van der Waals surface area contributed by atoms with Crippen LogP contribution in [0.5, 0.6) is 0 Å². The Bertz CT molecular complexity index is 255. The van der Waals surface area contributed by atoms with E-state index < -0.39 is 0 Å². The van der Waals surface area contributed by atoms with Gasteiger partial charge < -0.3 is 0 Å². The normalized spacial score (nSPS) is 9.40. The lowest BCUT2D eigenvalue weighted by atomic mass is 10.3. The molecule has 0 radical (unpaired) electrons. The zero-order valence-corrected chi connectivity index (χ0v) is 6.13. The van der Waals surface area contributed by atoms with Gasteiger partial charge in [-0.05, 0) is 19.9 Å². The Balaban J connectivity index is 3.21. The highest BCUT2D eigenvalue weighted by molar-refractivity contribution is 5.43. The van der Waals surface area contributed by atoms with Crippen molar-refractivity contribution >= 4 is 6.08 Å². The predicted octanol–water partition coefficient (Wildman–Crippen LogP) is 1.13. The van der Waals surface area contributed by atoms with Crippen molar-refractivity contribution in [1.82, 2.24) is 15.2 Å². The first-order valence-corrected chi connectivity index (χ1v) is 3.04. The van der Waals surface area contributed by atoms with E-state index in [0.717, 1.165) is 11.4 Å². The molecule has 0 amide bonds. The van der Waals surface area contributed by atoms with Crippen molar-refractivity contribution in [1.29, 1.82) is 0 Å². The average Bonchev–Trinajstić information content (AvgIpc) is 1.94. The van der Waals surface area contributed by atoms with E-state index in [1.54, 1.807) is 13.0 Å². The quantitative estimate of drug-likeness (QED) is 0.579. The summed E-state index contributed by atoms with van der Waals surface area (Å²) in [6.07, 6.45) is 1.68. The molecule has 1 heterocycles. The molecule has 0 saturated carbocycles. The summed E-state index contributed by atoms with van der Waals surface area (Å²) in [4.78, 5) is 4.10. The minimum absolute atomic E-state index is 0.681. The molecule has 0 aliphatic heterocycles. The van der Waals surface area contributed by atoms with Crippen LogP contribution in [0.3, 0.4) is 0 Å². The Hall–Kier alpha value is -1.25. The molecule has 0 aliphatic rings. The largest absolute Gasteiger partial charge is 0.230 e. The summed E-state index contributed by atoms with van der Waals surface area (Å²) in [6.45, 7) is 7.27. The Morgan fingerprint density at radius 1 is 1.30 bits per heavy atom. The molecule has 0 unspecified atom stereocenters. The maximum atomic E-state index is 4.10. The van der Waals surface area contributed by atoms with Gasteiger partial charge >= 0.3 is 0 Å². The highest BCUT2D eigenvalue weighted by Crippen LogP contribution is 1.99. The minimum atomic E-state index is 0.681. The zero-order valence-electron chi connectivity index (χ0n) is 6.13. The lowest BCUT2D eigenvalue weighted by molar-refractivity contribution is 0.867. The van der Waals surface area contributed by atoms with Gasteiger partial charge in [-0.25, -0.2) is 4.98 Å². The van der Waals surface area contributed by atoms with Crippen molar-refractivity contribution in [2.24, 2.45) is 0 Å². The van der Waals surface area contributed by atoms with E-state index in [0.29, 0.717) is 5.82 Å². The molecule has 1 rings (SSSR count). The number of hydrogen-bond acceptors (Lipinski definition) is 3. The smallest absolute Gasteiger partial charge is 0.148 e. The molecule has 0 N–H and O–H groups in total.